The lowest BCUT2D eigenvalue weighted by Crippen LogP contribution is -2.43. The lowest BCUT2D eigenvalue weighted by Gasteiger charge is -2.25. The van der Waals surface area contributed by atoms with Gasteiger partial charge in [-0.05, 0) is 58.7 Å². The van der Waals surface area contributed by atoms with Crippen LogP contribution in [-0.2, 0) is 22.5 Å². The lowest BCUT2D eigenvalue weighted by atomic mass is 10.1. The van der Waals surface area contributed by atoms with Crippen molar-refractivity contribution in [3.05, 3.63) is 52.8 Å². The highest BCUT2D eigenvalue weighted by Gasteiger charge is 2.34. The summed E-state index contributed by atoms with van der Waals surface area (Å²) in [5, 5.41) is 0. The van der Waals surface area contributed by atoms with E-state index >= 15 is 0 Å². The van der Waals surface area contributed by atoms with Gasteiger partial charge in [0.15, 0.2) is 6.10 Å². The highest BCUT2D eigenvalue weighted by Crippen LogP contribution is 2.32. The number of aromatic nitrogens is 1. The van der Waals surface area contributed by atoms with E-state index in [2.05, 4.69) is 4.57 Å². The molecular weight excluding hydrogens is 328 g/mol. The number of amides is 1. The van der Waals surface area contributed by atoms with Crippen LogP contribution in [0, 0.1) is 13.8 Å². The Kier molecular flexibility index (Phi) is 4.90. The minimum absolute atomic E-state index is 0.0613. The summed E-state index contributed by atoms with van der Waals surface area (Å²) in [4.78, 5) is 27.3. The molecule has 0 N–H and O–H groups in total. The van der Waals surface area contributed by atoms with Gasteiger partial charge in [0.05, 0.1) is 5.56 Å². The molecule has 0 aliphatic carbocycles. The van der Waals surface area contributed by atoms with Crippen molar-refractivity contribution in [1.29, 1.82) is 0 Å². The molecule has 0 saturated heterocycles. The predicted octanol–water partition coefficient (Wildman–Crippen LogP) is 3.65. The van der Waals surface area contributed by atoms with Gasteiger partial charge in [-0.2, -0.15) is 0 Å². The van der Waals surface area contributed by atoms with Gasteiger partial charge in [-0.25, -0.2) is 4.79 Å². The highest BCUT2D eigenvalue weighted by molar-refractivity contribution is 6.01. The second-order valence-corrected chi connectivity index (χ2v) is 6.97. The maximum Gasteiger partial charge on any atom is 0.340 e. The summed E-state index contributed by atoms with van der Waals surface area (Å²) in [6.07, 6.45) is -0.0129. The third-order valence-electron chi connectivity index (χ3n) is 5.19. The van der Waals surface area contributed by atoms with Crippen LogP contribution < -0.4 is 4.90 Å². The number of fused-ring (bicyclic) bond motifs is 1. The zero-order chi connectivity index (χ0) is 19.0. The number of anilines is 1. The van der Waals surface area contributed by atoms with Crippen molar-refractivity contribution in [3.63, 3.8) is 0 Å². The number of carbonyl (C=O) groups excluding carboxylic acids is 2. The molecule has 0 fully saturated rings. The molecule has 0 unspecified atom stereocenters. The number of nitrogens with zero attached hydrogens (tertiary/aromatic N) is 2. The Labute approximate surface area is 154 Å². The van der Waals surface area contributed by atoms with Gasteiger partial charge < -0.3 is 14.2 Å². The van der Waals surface area contributed by atoms with Crippen LogP contribution in [0.1, 0.15) is 48.1 Å². The van der Waals surface area contributed by atoms with Gasteiger partial charge >= 0.3 is 5.97 Å². The van der Waals surface area contributed by atoms with E-state index in [1.807, 2.05) is 58.0 Å². The first kappa shape index (κ1) is 18.2. The average molecular weight is 354 g/mol. The van der Waals surface area contributed by atoms with E-state index in [9.17, 15) is 9.59 Å². The van der Waals surface area contributed by atoms with Crippen molar-refractivity contribution in [2.45, 2.75) is 59.7 Å². The number of carbonyl (C=O) groups is 2. The van der Waals surface area contributed by atoms with Crippen molar-refractivity contribution < 1.29 is 14.3 Å². The zero-order valence-electron chi connectivity index (χ0n) is 16.1. The third kappa shape index (κ3) is 3.02. The van der Waals surface area contributed by atoms with Crippen LogP contribution in [0.2, 0.25) is 0 Å². The number of esters is 1. The first-order valence-corrected chi connectivity index (χ1v) is 9.13. The summed E-state index contributed by atoms with van der Waals surface area (Å²) in [6, 6.07) is 9.77. The van der Waals surface area contributed by atoms with E-state index in [-0.39, 0.29) is 11.9 Å². The molecule has 26 heavy (non-hydrogen) atoms. The van der Waals surface area contributed by atoms with Gasteiger partial charge in [0.2, 0.25) is 0 Å². The topological polar surface area (TPSA) is 51.5 Å². The molecule has 1 aliphatic heterocycles. The number of benzene rings is 1. The van der Waals surface area contributed by atoms with Gasteiger partial charge in [0.25, 0.3) is 5.91 Å². The van der Waals surface area contributed by atoms with Gasteiger partial charge in [-0.15, -0.1) is 0 Å². The van der Waals surface area contributed by atoms with Gasteiger partial charge in [-0.1, -0.05) is 18.2 Å². The number of aryl methyl sites for hydroxylation is 1. The summed E-state index contributed by atoms with van der Waals surface area (Å²) < 4.78 is 7.58. The molecule has 2 atom stereocenters. The Morgan fingerprint density at radius 1 is 1.27 bits per heavy atom. The maximum absolute atomic E-state index is 12.9. The molecule has 138 valence electrons. The average Bonchev–Trinajstić information content (AvgIpc) is 3.09. The summed E-state index contributed by atoms with van der Waals surface area (Å²) in [5.74, 6) is -0.626. The molecule has 1 aromatic carbocycles. The van der Waals surface area contributed by atoms with Crippen LogP contribution in [0.3, 0.4) is 0 Å². The Bertz CT molecular complexity index is 853. The van der Waals surface area contributed by atoms with E-state index in [0.29, 0.717) is 5.56 Å². The molecule has 1 aliphatic rings. The van der Waals surface area contributed by atoms with E-state index in [1.165, 1.54) is 0 Å². The van der Waals surface area contributed by atoms with E-state index in [0.717, 1.165) is 35.6 Å². The Hall–Kier alpha value is -2.56. The van der Waals surface area contributed by atoms with Crippen molar-refractivity contribution in [2.75, 3.05) is 4.90 Å². The van der Waals surface area contributed by atoms with Crippen LogP contribution in [0.25, 0.3) is 0 Å². The first-order chi connectivity index (χ1) is 12.3. The zero-order valence-corrected chi connectivity index (χ0v) is 16.1. The summed E-state index contributed by atoms with van der Waals surface area (Å²) in [7, 11) is 0. The van der Waals surface area contributed by atoms with E-state index in [1.54, 1.807) is 11.8 Å². The van der Waals surface area contributed by atoms with E-state index in [4.69, 9.17) is 4.74 Å². The third-order valence-corrected chi connectivity index (χ3v) is 5.19. The fourth-order valence-electron chi connectivity index (χ4n) is 3.87. The van der Waals surface area contributed by atoms with Crippen LogP contribution in [0.5, 0.6) is 0 Å². The molecule has 3 rings (SSSR count). The smallest absolute Gasteiger partial charge is 0.340 e. The molecule has 2 aromatic rings. The summed E-state index contributed by atoms with van der Waals surface area (Å²) in [5.41, 5.74) is 4.47. The van der Waals surface area contributed by atoms with Crippen LogP contribution in [0.4, 0.5) is 5.69 Å². The fourth-order valence-corrected chi connectivity index (χ4v) is 3.87. The minimum atomic E-state index is -0.833. The highest BCUT2D eigenvalue weighted by atomic mass is 16.5. The first-order valence-electron chi connectivity index (χ1n) is 9.13. The second kappa shape index (κ2) is 6.98. The minimum Gasteiger partial charge on any atom is -0.449 e. The quantitative estimate of drug-likeness (QED) is 0.788. The molecular formula is C21H26N2O3. The van der Waals surface area contributed by atoms with Crippen molar-refractivity contribution in [3.8, 4) is 0 Å². The standard InChI is InChI=1S/C21H26N2O3/c1-6-22-13(2)12-18(15(22)4)21(25)26-16(5)20(24)23-14(3)11-17-9-7-8-10-19(17)23/h7-10,12,14,16H,6,11H2,1-5H3/t14-,16+/m0/s1. The lowest BCUT2D eigenvalue weighted by molar-refractivity contribution is -0.126. The second-order valence-electron chi connectivity index (χ2n) is 6.97. The molecule has 2 heterocycles. The monoisotopic (exact) mass is 354 g/mol. The number of hydrogen-bond donors (Lipinski definition) is 0. The largest absolute Gasteiger partial charge is 0.449 e. The Morgan fingerprint density at radius 3 is 2.62 bits per heavy atom. The van der Waals surface area contributed by atoms with Crippen LogP contribution >= 0.6 is 0 Å². The van der Waals surface area contributed by atoms with Crippen molar-refractivity contribution >= 4 is 17.6 Å². The molecule has 1 aromatic heterocycles. The maximum atomic E-state index is 12.9. The normalized spacial score (nSPS) is 17.1. The SMILES string of the molecule is CCn1c(C)cc(C(=O)O[C@H](C)C(=O)N2c3ccccc3C[C@@H]2C)c1C. The summed E-state index contributed by atoms with van der Waals surface area (Å²) >= 11 is 0. The molecule has 0 bridgehead atoms. The van der Waals surface area contributed by atoms with Crippen LogP contribution in [-0.4, -0.2) is 28.6 Å². The Morgan fingerprint density at radius 2 is 1.96 bits per heavy atom. The van der Waals surface area contributed by atoms with Gasteiger partial charge in [-0.3, -0.25) is 4.79 Å². The molecule has 5 nitrogen and oxygen atoms in total. The number of ether oxygens (including phenoxy) is 1. The number of hydrogen-bond acceptors (Lipinski definition) is 3. The Balaban J connectivity index is 1.77. The summed E-state index contributed by atoms with van der Waals surface area (Å²) in [6.45, 7) is 10.4. The fraction of sp³-hybridized carbons (Fsp3) is 0.429. The van der Waals surface area contributed by atoms with Gasteiger partial charge in [0.1, 0.15) is 0 Å². The molecule has 1 amide bonds. The molecule has 0 spiro atoms. The van der Waals surface area contributed by atoms with Crippen molar-refractivity contribution in [1.82, 2.24) is 4.57 Å². The van der Waals surface area contributed by atoms with E-state index < -0.39 is 12.1 Å². The number of rotatable bonds is 4. The number of para-hydroxylation sites is 1. The molecule has 0 radical (unpaired) electrons. The molecule has 0 saturated carbocycles. The van der Waals surface area contributed by atoms with Crippen molar-refractivity contribution in [2.24, 2.45) is 0 Å². The van der Waals surface area contributed by atoms with Crippen LogP contribution in [0.15, 0.2) is 30.3 Å². The van der Waals surface area contributed by atoms with Gasteiger partial charge in [0, 0.05) is 29.7 Å². The molecule has 5 heteroatoms. The predicted molar refractivity (Wildman–Crippen MR) is 102 cm³/mol.